The quantitative estimate of drug-likeness (QED) is 0.123. The fourth-order valence-corrected chi connectivity index (χ4v) is 8.36. The highest BCUT2D eigenvalue weighted by atomic mass is 15.0. The Labute approximate surface area is 303 Å². The second kappa shape index (κ2) is 12.6. The van der Waals surface area contributed by atoms with E-state index in [-0.39, 0.29) is 0 Å². The Morgan fingerprint density at radius 3 is 1.92 bits per heavy atom. The molecular formula is C51H35N. The van der Waals surface area contributed by atoms with E-state index in [1.54, 1.807) is 0 Å². The molecule has 1 heterocycles. The molecule has 0 saturated carbocycles. The summed E-state index contributed by atoms with van der Waals surface area (Å²) in [7, 11) is 0. The normalized spacial score (nSPS) is 11.8. The molecule has 9 aromatic carbocycles. The van der Waals surface area contributed by atoms with Gasteiger partial charge in [-0.25, -0.2) is 0 Å². The SMILES string of the molecule is C(=C\c1c2ccccc2c(-c2ccccc2)c2c1ccc1ccccc12)/Cc1cccc(-c2cccc3c2c2ccccc2n3-c2ccccc2)c1. The van der Waals surface area contributed by atoms with Crippen LogP contribution in [0.4, 0.5) is 0 Å². The number of nitrogens with zero attached hydrogens (tertiary/aromatic N) is 1. The summed E-state index contributed by atoms with van der Waals surface area (Å²) in [4.78, 5) is 0. The van der Waals surface area contributed by atoms with Gasteiger partial charge in [0.05, 0.1) is 11.0 Å². The predicted octanol–water partition coefficient (Wildman–Crippen LogP) is 13.8. The van der Waals surface area contributed by atoms with Gasteiger partial charge >= 0.3 is 0 Å². The lowest BCUT2D eigenvalue weighted by atomic mass is 9.86. The van der Waals surface area contributed by atoms with Gasteiger partial charge in [0.2, 0.25) is 0 Å². The summed E-state index contributed by atoms with van der Waals surface area (Å²) in [5.74, 6) is 0. The van der Waals surface area contributed by atoms with Crippen molar-refractivity contribution in [3.8, 4) is 27.9 Å². The van der Waals surface area contributed by atoms with Gasteiger partial charge in [-0.3, -0.25) is 0 Å². The van der Waals surface area contributed by atoms with Crippen molar-refractivity contribution >= 4 is 60.2 Å². The summed E-state index contributed by atoms with van der Waals surface area (Å²) < 4.78 is 2.39. The van der Waals surface area contributed by atoms with Gasteiger partial charge in [0.1, 0.15) is 0 Å². The van der Waals surface area contributed by atoms with E-state index in [1.807, 2.05) is 0 Å². The molecule has 0 aliphatic rings. The summed E-state index contributed by atoms with van der Waals surface area (Å²) in [6.07, 6.45) is 5.54. The highest BCUT2D eigenvalue weighted by molar-refractivity contribution is 6.25. The van der Waals surface area contributed by atoms with E-state index in [9.17, 15) is 0 Å². The zero-order valence-electron chi connectivity index (χ0n) is 28.7. The van der Waals surface area contributed by atoms with E-state index in [0.29, 0.717) is 0 Å². The minimum Gasteiger partial charge on any atom is -0.309 e. The number of benzene rings is 9. The van der Waals surface area contributed by atoms with Gasteiger partial charge in [-0.2, -0.15) is 0 Å². The maximum Gasteiger partial charge on any atom is 0.0547 e. The van der Waals surface area contributed by atoms with Crippen LogP contribution >= 0.6 is 0 Å². The van der Waals surface area contributed by atoms with Crippen LogP contribution in [0.3, 0.4) is 0 Å². The smallest absolute Gasteiger partial charge is 0.0547 e. The maximum atomic E-state index is 2.39. The highest BCUT2D eigenvalue weighted by Gasteiger charge is 2.18. The predicted molar refractivity (Wildman–Crippen MR) is 223 cm³/mol. The van der Waals surface area contributed by atoms with Crippen LogP contribution in [0, 0.1) is 0 Å². The molecule has 0 aliphatic heterocycles. The van der Waals surface area contributed by atoms with E-state index in [2.05, 4.69) is 205 Å². The second-order valence-corrected chi connectivity index (χ2v) is 13.6. The average Bonchev–Trinajstić information content (AvgIpc) is 3.56. The van der Waals surface area contributed by atoms with Gasteiger partial charge in [-0.1, -0.05) is 176 Å². The molecule has 0 fully saturated rings. The third kappa shape index (κ3) is 4.93. The van der Waals surface area contributed by atoms with Crippen molar-refractivity contribution in [1.82, 2.24) is 4.57 Å². The van der Waals surface area contributed by atoms with Crippen LogP contribution in [0.5, 0.6) is 0 Å². The summed E-state index contributed by atoms with van der Waals surface area (Å²) in [6.45, 7) is 0. The van der Waals surface area contributed by atoms with E-state index >= 15 is 0 Å². The van der Waals surface area contributed by atoms with Gasteiger partial charge in [0, 0.05) is 16.5 Å². The Bertz CT molecular complexity index is 2970. The summed E-state index contributed by atoms with van der Waals surface area (Å²) in [5.41, 5.74) is 11.2. The molecule has 0 radical (unpaired) electrons. The van der Waals surface area contributed by atoms with Crippen molar-refractivity contribution in [2.24, 2.45) is 0 Å². The van der Waals surface area contributed by atoms with Crippen LogP contribution in [0.15, 0.2) is 194 Å². The minimum absolute atomic E-state index is 0.833. The lowest BCUT2D eigenvalue weighted by molar-refractivity contribution is 1.18. The summed E-state index contributed by atoms with van der Waals surface area (Å²) in [5, 5.41) is 10.3. The first-order valence-corrected chi connectivity index (χ1v) is 18.1. The molecule has 1 heteroatoms. The number of fused-ring (bicyclic) bond motifs is 7. The van der Waals surface area contributed by atoms with Crippen molar-refractivity contribution in [2.75, 3.05) is 0 Å². The molecule has 0 atom stereocenters. The Morgan fingerprint density at radius 1 is 0.423 bits per heavy atom. The monoisotopic (exact) mass is 661 g/mol. The topological polar surface area (TPSA) is 4.93 Å². The van der Waals surface area contributed by atoms with Crippen molar-refractivity contribution in [3.05, 3.63) is 205 Å². The number of rotatable bonds is 6. The largest absolute Gasteiger partial charge is 0.309 e. The first kappa shape index (κ1) is 30.2. The lowest BCUT2D eigenvalue weighted by Crippen LogP contribution is -1.93. The maximum absolute atomic E-state index is 2.39. The molecule has 0 amide bonds. The molecule has 0 saturated heterocycles. The van der Waals surface area contributed by atoms with E-state index in [4.69, 9.17) is 0 Å². The van der Waals surface area contributed by atoms with Crippen molar-refractivity contribution in [1.29, 1.82) is 0 Å². The number of hydrogen-bond acceptors (Lipinski definition) is 0. The number of allylic oxidation sites excluding steroid dienone is 1. The molecule has 52 heavy (non-hydrogen) atoms. The molecule has 0 N–H and O–H groups in total. The van der Waals surface area contributed by atoms with E-state index < -0.39 is 0 Å². The molecule has 0 unspecified atom stereocenters. The van der Waals surface area contributed by atoms with E-state index in [0.717, 1.165) is 6.42 Å². The van der Waals surface area contributed by atoms with Crippen LogP contribution in [-0.2, 0) is 6.42 Å². The first-order valence-electron chi connectivity index (χ1n) is 18.1. The van der Waals surface area contributed by atoms with Crippen LogP contribution in [0.25, 0.3) is 88.1 Å². The van der Waals surface area contributed by atoms with Crippen molar-refractivity contribution in [3.63, 3.8) is 0 Å². The molecular weight excluding hydrogens is 627 g/mol. The van der Waals surface area contributed by atoms with Gasteiger partial charge in [0.15, 0.2) is 0 Å². The highest BCUT2D eigenvalue weighted by Crippen LogP contribution is 2.43. The zero-order valence-corrected chi connectivity index (χ0v) is 28.7. The van der Waals surface area contributed by atoms with Gasteiger partial charge in [-0.05, 0) is 96.4 Å². The Balaban J connectivity index is 1.09. The standard InChI is InChI=1S/C51H35N/c1-3-19-37(20-4-1)49-44-26-10-9-25-42(44)43(45-33-32-36-18-7-8-24-40(36)51(45)49)29-14-17-35-16-13-21-38(34-35)41-28-15-31-48-50(41)46-27-11-12-30-47(46)52(48)39-22-5-2-6-23-39/h1-16,18-34H,17H2/b29-14+. The second-order valence-electron chi connectivity index (χ2n) is 13.6. The lowest BCUT2D eigenvalue weighted by Gasteiger charge is -2.17. The Kier molecular flexibility index (Phi) is 7.29. The Morgan fingerprint density at radius 2 is 1.08 bits per heavy atom. The molecule has 10 rings (SSSR count). The van der Waals surface area contributed by atoms with Gasteiger partial charge in [-0.15, -0.1) is 0 Å². The molecule has 244 valence electrons. The number of hydrogen-bond donors (Lipinski definition) is 0. The Hall–Kier alpha value is -6.70. The summed E-state index contributed by atoms with van der Waals surface area (Å²) >= 11 is 0. The molecule has 0 aliphatic carbocycles. The molecule has 10 aromatic rings. The van der Waals surface area contributed by atoms with Crippen molar-refractivity contribution in [2.45, 2.75) is 6.42 Å². The number of para-hydroxylation sites is 2. The first-order chi connectivity index (χ1) is 25.8. The van der Waals surface area contributed by atoms with Crippen LogP contribution in [0.2, 0.25) is 0 Å². The fraction of sp³-hybridized carbons (Fsp3) is 0.0196. The molecule has 0 bridgehead atoms. The fourth-order valence-electron chi connectivity index (χ4n) is 8.36. The van der Waals surface area contributed by atoms with Gasteiger partial charge in [0.25, 0.3) is 0 Å². The van der Waals surface area contributed by atoms with Crippen molar-refractivity contribution < 1.29 is 0 Å². The average molecular weight is 662 g/mol. The third-order valence-corrected chi connectivity index (χ3v) is 10.6. The van der Waals surface area contributed by atoms with Gasteiger partial charge < -0.3 is 4.57 Å². The van der Waals surface area contributed by atoms with Crippen LogP contribution in [-0.4, -0.2) is 4.57 Å². The molecule has 1 nitrogen and oxygen atoms in total. The van der Waals surface area contributed by atoms with E-state index in [1.165, 1.54) is 93.2 Å². The van der Waals surface area contributed by atoms with Crippen LogP contribution in [0.1, 0.15) is 11.1 Å². The van der Waals surface area contributed by atoms with Crippen LogP contribution < -0.4 is 0 Å². The summed E-state index contributed by atoms with van der Waals surface area (Å²) in [6, 6.07) is 68.4. The molecule has 1 aromatic heterocycles. The zero-order chi connectivity index (χ0) is 34.4. The molecule has 0 spiro atoms. The minimum atomic E-state index is 0.833. The number of aromatic nitrogens is 1. The third-order valence-electron chi connectivity index (χ3n) is 10.6.